The quantitative estimate of drug-likeness (QED) is 0.551. The second-order valence-corrected chi connectivity index (χ2v) is 5.45. The zero-order valence-corrected chi connectivity index (χ0v) is 15.1. The van der Waals surface area contributed by atoms with E-state index in [0.29, 0.717) is 13.2 Å². The van der Waals surface area contributed by atoms with Gasteiger partial charge in [0.15, 0.2) is 0 Å². The minimum Gasteiger partial charge on any atom is -1.00 e. The van der Waals surface area contributed by atoms with Crippen molar-refractivity contribution in [1.29, 1.82) is 0 Å². The minimum absolute atomic E-state index is 0. The first kappa shape index (κ1) is 18.3. The maximum absolute atomic E-state index is 5.96. The van der Waals surface area contributed by atoms with Crippen LogP contribution in [0.3, 0.4) is 0 Å². The van der Waals surface area contributed by atoms with Gasteiger partial charge in [-0.05, 0) is 33.3 Å². The number of nitrogens with one attached hydrogen (secondary N) is 3. The van der Waals surface area contributed by atoms with E-state index in [1.807, 2.05) is 45.4 Å². The fourth-order valence-electron chi connectivity index (χ4n) is 2.07. The summed E-state index contributed by atoms with van der Waals surface area (Å²) in [4.78, 5) is 0. The smallest absolute Gasteiger partial charge is 1.00 e. The van der Waals surface area contributed by atoms with Crippen LogP contribution < -0.4 is 16.0 Å². The second-order valence-electron chi connectivity index (χ2n) is 4.53. The van der Waals surface area contributed by atoms with Gasteiger partial charge >= 0.3 is 23.1 Å². The molecule has 0 unspecified atom stereocenters. The molecule has 1 heterocycles. The molecule has 7 heteroatoms. The van der Waals surface area contributed by atoms with Crippen molar-refractivity contribution in [2.75, 3.05) is 34.4 Å². The summed E-state index contributed by atoms with van der Waals surface area (Å²) in [7, 11) is 5.60. The number of hydrogen-bond acceptors (Lipinski definition) is 5. The van der Waals surface area contributed by atoms with Crippen LogP contribution in [0.4, 0.5) is 0 Å². The Bertz CT molecular complexity index is 426. The molecule has 0 bridgehead atoms. The summed E-state index contributed by atoms with van der Waals surface area (Å²) >= 11 is 3.43. The van der Waals surface area contributed by atoms with Crippen molar-refractivity contribution in [2.45, 2.75) is 11.6 Å². The van der Waals surface area contributed by atoms with Crippen molar-refractivity contribution in [2.24, 2.45) is 0 Å². The van der Waals surface area contributed by atoms with Gasteiger partial charge in [-0.1, -0.05) is 28.1 Å². The van der Waals surface area contributed by atoms with E-state index in [4.69, 9.17) is 9.47 Å². The van der Waals surface area contributed by atoms with E-state index in [9.17, 15) is 0 Å². The van der Waals surface area contributed by atoms with Gasteiger partial charge in [0.2, 0.25) is 0 Å². The molecule has 0 saturated carbocycles. The predicted octanol–water partition coefficient (Wildman–Crippen LogP) is 0.805. The van der Waals surface area contributed by atoms with E-state index in [1.165, 1.54) is 0 Å². The Kier molecular flexibility index (Phi) is 6.87. The first-order chi connectivity index (χ1) is 9.10. The molecular weight excluding hydrogens is 334 g/mol. The average molecular weight is 357 g/mol. The number of halogens is 1. The van der Waals surface area contributed by atoms with Crippen LogP contribution in [-0.4, -0.2) is 63.1 Å². The Morgan fingerprint density at radius 1 is 1.00 bits per heavy atom. The zero-order valence-electron chi connectivity index (χ0n) is 14.1. The molecule has 1 aromatic carbocycles. The Morgan fingerprint density at radius 2 is 1.50 bits per heavy atom. The fourth-order valence-corrected chi connectivity index (χ4v) is 2.34. The van der Waals surface area contributed by atoms with Crippen LogP contribution >= 0.6 is 15.9 Å². The van der Waals surface area contributed by atoms with Crippen LogP contribution in [0, 0.1) is 0 Å². The molecule has 5 nitrogen and oxygen atoms in total. The van der Waals surface area contributed by atoms with E-state index in [1.54, 1.807) is 0 Å². The monoisotopic (exact) mass is 355 g/mol. The molecule has 0 spiro atoms. The Labute approximate surface area is 147 Å². The third-order valence-corrected chi connectivity index (χ3v) is 4.08. The summed E-state index contributed by atoms with van der Waals surface area (Å²) in [5.41, 5.74) is 0.592. The van der Waals surface area contributed by atoms with Crippen LogP contribution in [0.2, 0.25) is 0 Å². The largest absolute Gasteiger partial charge is 2.00 e. The maximum Gasteiger partial charge on any atom is 2.00 e. The summed E-state index contributed by atoms with van der Waals surface area (Å²) in [5, 5.41) is 9.51. The molecule has 0 aromatic heterocycles. The van der Waals surface area contributed by atoms with Crippen LogP contribution in [0.25, 0.3) is 0 Å². The van der Waals surface area contributed by atoms with Gasteiger partial charge in [-0.25, -0.2) is 0 Å². The summed E-state index contributed by atoms with van der Waals surface area (Å²) in [6.07, 6.45) is 0. The first-order valence-electron chi connectivity index (χ1n) is 6.20. The van der Waals surface area contributed by atoms with Gasteiger partial charge in [-0.15, -0.1) is 0 Å². The Hall–Kier alpha value is 0.266. The molecule has 1 saturated heterocycles. The third-order valence-electron chi connectivity index (χ3n) is 3.55. The number of rotatable bonds is 4. The molecule has 0 atom stereocenters. The van der Waals surface area contributed by atoms with Crippen molar-refractivity contribution < 1.29 is 12.3 Å². The van der Waals surface area contributed by atoms with Crippen LogP contribution in [0.5, 0.6) is 0 Å². The van der Waals surface area contributed by atoms with Gasteiger partial charge in [-0.3, -0.25) is 16.0 Å². The average Bonchev–Trinajstić information content (AvgIpc) is 2.48. The summed E-state index contributed by atoms with van der Waals surface area (Å²) in [6, 6.07) is 7.90. The van der Waals surface area contributed by atoms with E-state index in [2.05, 4.69) is 31.9 Å². The van der Waals surface area contributed by atoms with Gasteiger partial charge in [0, 0.05) is 10.0 Å². The van der Waals surface area contributed by atoms with Gasteiger partial charge in [0.05, 0.1) is 13.2 Å². The van der Waals surface area contributed by atoms with Crippen molar-refractivity contribution >= 4 is 39.0 Å². The second kappa shape index (κ2) is 7.51. The molecule has 1 aliphatic heterocycles. The zero-order chi connectivity index (χ0) is 13.9. The van der Waals surface area contributed by atoms with Crippen molar-refractivity contribution in [3.63, 3.8) is 0 Å². The fraction of sp³-hybridized carbons (Fsp3) is 0.538. The molecule has 20 heavy (non-hydrogen) atoms. The van der Waals surface area contributed by atoms with E-state index in [-0.39, 0.29) is 31.6 Å². The number of hydrogen-bond donors (Lipinski definition) is 3. The summed E-state index contributed by atoms with van der Waals surface area (Å²) in [5.74, 6) is -0.891. The maximum atomic E-state index is 5.96. The summed E-state index contributed by atoms with van der Waals surface area (Å²) < 4.78 is 13.0. The van der Waals surface area contributed by atoms with Gasteiger partial charge in [-0.2, -0.15) is 0 Å². The van der Waals surface area contributed by atoms with E-state index >= 15 is 0 Å². The minimum atomic E-state index is -0.891. The van der Waals surface area contributed by atoms with Gasteiger partial charge in [0.1, 0.15) is 5.66 Å². The molecule has 0 amide bonds. The topological polar surface area (TPSA) is 54.5 Å². The molecule has 2 rings (SSSR count). The number of likely N-dealkylation sites (N-methyl/N-ethyl adjacent to an activating group) is 2. The number of ether oxygens (including phenoxy) is 2. The third kappa shape index (κ3) is 3.53. The van der Waals surface area contributed by atoms with Crippen molar-refractivity contribution in [1.82, 2.24) is 16.0 Å². The molecule has 3 N–H and O–H groups in total. The van der Waals surface area contributed by atoms with Crippen molar-refractivity contribution in [3.8, 4) is 0 Å². The van der Waals surface area contributed by atoms with Crippen LogP contribution in [0.15, 0.2) is 28.7 Å². The van der Waals surface area contributed by atoms with E-state index in [0.717, 1.165) is 10.0 Å². The molecule has 1 aliphatic rings. The molecule has 0 radical (unpaired) electrons. The normalized spacial score (nSPS) is 20.2. The number of benzene rings is 1. The predicted molar refractivity (Wildman–Crippen MR) is 85.6 cm³/mol. The molecule has 0 aliphatic carbocycles. The molecular formula is C13H22BrMgN3O2. The standard InChI is InChI=1S/C13H20BrN3O2.Mg.2H/c1-15-12(16-2)8-18-13(17-3,19-9-12)10-4-6-11(14)7-5-10;;;/h4-7,15-17H,8-9H2,1-3H3;;;/q;+2;2*-1. The Balaban J connectivity index is 0. The summed E-state index contributed by atoms with van der Waals surface area (Å²) in [6.45, 7) is 0.994. The van der Waals surface area contributed by atoms with Crippen molar-refractivity contribution in [3.05, 3.63) is 34.3 Å². The molecule has 110 valence electrons. The SMILES string of the molecule is CNC1(NC)COC(NC)(c2ccc(Br)cc2)OC1.[H-].[H-].[Mg+2]. The first-order valence-corrected chi connectivity index (χ1v) is 7.00. The molecule has 1 fully saturated rings. The Morgan fingerprint density at radius 3 is 1.90 bits per heavy atom. The molecule has 1 aromatic rings. The van der Waals surface area contributed by atoms with Crippen LogP contribution in [0.1, 0.15) is 8.42 Å². The van der Waals surface area contributed by atoms with E-state index < -0.39 is 5.91 Å². The van der Waals surface area contributed by atoms with Gasteiger partial charge in [0.25, 0.3) is 5.91 Å². The van der Waals surface area contributed by atoms with Gasteiger partial charge < -0.3 is 12.3 Å². The van der Waals surface area contributed by atoms with Crippen LogP contribution in [-0.2, 0) is 15.4 Å².